The maximum atomic E-state index is 9.50. The Labute approximate surface area is 59.6 Å². The lowest BCUT2D eigenvalue weighted by atomic mass is 10.7. The fourth-order valence-electron chi connectivity index (χ4n) is 0.554. The van der Waals surface area contributed by atoms with E-state index in [1.807, 2.05) is 13.1 Å². The van der Waals surface area contributed by atoms with Crippen molar-refractivity contribution in [2.75, 3.05) is 12.9 Å². The van der Waals surface area contributed by atoms with Crippen LogP contribution in [0.25, 0.3) is 0 Å². The maximum absolute atomic E-state index is 9.50. The Hall–Kier alpha value is -1.06. The molecule has 4 heteroatoms. The normalized spacial score (nSPS) is 8.30. The molecule has 0 unspecified atom stereocenters. The molecule has 0 fully saturated rings. The quantitative estimate of drug-likeness (QED) is 0.642. The van der Waals surface area contributed by atoms with E-state index in [-0.39, 0.29) is 0 Å². The van der Waals surface area contributed by atoms with Crippen LogP contribution in [0.15, 0.2) is 12.3 Å². The third-order valence-electron chi connectivity index (χ3n) is 0.985. The maximum Gasteiger partial charge on any atom is 0.145 e. The van der Waals surface area contributed by atoms with Gasteiger partial charge in [0.2, 0.25) is 0 Å². The van der Waals surface area contributed by atoms with Crippen LogP contribution in [0.4, 0.5) is 10.2 Å². The number of hydrogen-bond acceptors (Lipinski definition) is 2. The van der Waals surface area contributed by atoms with Crippen LogP contribution in [-0.2, 0) is 6.54 Å². The smallest absolute Gasteiger partial charge is 0.145 e. The molecule has 0 spiro atoms. The summed E-state index contributed by atoms with van der Waals surface area (Å²) in [5, 5.41) is 3.92. The molecular formula is C6H12FN3. The number of nitrogen functional groups attached to an aromatic ring is 1. The Morgan fingerprint density at radius 3 is 2.50 bits per heavy atom. The van der Waals surface area contributed by atoms with Gasteiger partial charge in [0.05, 0.1) is 7.18 Å². The van der Waals surface area contributed by atoms with E-state index in [0.717, 1.165) is 6.54 Å². The minimum Gasteiger partial charge on any atom is -0.382 e. The lowest BCUT2D eigenvalue weighted by Crippen LogP contribution is -1.95. The second kappa shape index (κ2) is 4.78. The van der Waals surface area contributed by atoms with Crippen molar-refractivity contribution in [3.63, 3.8) is 0 Å². The monoisotopic (exact) mass is 145 g/mol. The fraction of sp³-hybridized carbons (Fsp3) is 0.500. The summed E-state index contributed by atoms with van der Waals surface area (Å²) in [5.74, 6) is 0.590. The van der Waals surface area contributed by atoms with E-state index in [1.54, 1.807) is 10.7 Å². The van der Waals surface area contributed by atoms with E-state index in [0.29, 0.717) is 13.0 Å². The number of rotatable bonds is 1. The second-order valence-corrected chi connectivity index (χ2v) is 1.60. The summed E-state index contributed by atoms with van der Waals surface area (Å²) < 4.78 is 11.3. The number of nitrogens with two attached hydrogens (primary N) is 1. The molecule has 0 saturated heterocycles. The van der Waals surface area contributed by atoms with Crippen molar-refractivity contribution in [3.8, 4) is 0 Å². The zero-order valence-electron chi connectivity index (χ0n) is 6.21. The first-order valence-electron chi connectivity index (χ1n) is 2.99. The van der Waals surface area contributed by atoms with Crippen LogP contribution in [0.1, 0.15) is 6.92 Å². The molecular weight excluding hydrogens is 133 g/mol. The average Bonchev–Trinajstić information content (AvgIpc) is 2.40. The highest BCUT2D eigenvalue weighted by molar-refractivity contribution is 5.23. The molecule has 1 aromatic rings. The van der Waals surface area contributed by atoms with Crippen LogP contribution in [0.3, 0.4) is 0 Å². The summed E-state index contributed by atoms with van der Waals surface area (Å²) in [7, 11) is 0.500. The molecule has 3 nitrogen and oxygen atoms in total. The predicted molar refractivity (Wildman–Crippen MR) is 39.3 cm³/mol. The van der Waals surface area contributed by atoms with Crippen molar-refractivity contribution in [1.29, 1.82) is 0 Å². The molecule has 58 valence electrons. The molecule has 0 bridgehead atoms. The molecule has 1 rings (SSSR count). The minimum absolute atomic E-state index is 0.500. The molecule has 1 heterocycles. The van der Waals surface area contributed by atoms with Gasteiger partial charge in [0, 0.05) is 12.7 Å². The number of aromatic nitrogens is 2. The molecule has 0 aliphatic heterocycles. The van der Waals surface area contributed by atoms with Crippen molar-refractivity contribution in [2.45, 2.75) is 13.5 Å². The lowest BCUT2D eigenvalue weighted by molar-refractivity contribution is 0.636. The van der Waals surface area contributed by atoms with Crippen LogP contribution in [0.5, 0.6) is 0 Å². The Bertz CT molecular complexity index is 173. The molecule has 1 aromatic heterocycles. The average molecular weight is 145 g/mol. The molecule has 2 N–H and O–H groups in total. The number of alkyl halides is 1. The van der Waals surface area contributed by atoms with Crippen molar-refractivity contribution in [2.24, 2.45) is 0 Å². The first kappa shape index (κ1) is 8.94. The van der Waals surface area contributed by atoms with Gasteiger partial charge in [0.25, 0.3) is 0 Å². The van der Waals surface area contributed by atoms with Crippen LogP contribution < -0.4 is 5.73 Å². The van der Waals surface area contributed by atoms with Gasteiger partial charge in [-0.05, 0) is 13.0 Å². The largest absolute Gasteiger partial charge is 0.382 e. The van der Waals surface area contributed by atoms with Crippen molar-refractivity contribution in [1.82, 2.24) is 9.78 Å². The third-order valence-corrected chi connectivity index (χ3v) is 0.985. The molecule has 0 saturated carbocycles. The lowest BCUT2D eigenvalue weighted by Gasteiger charge is -1.88. The van der Waals surface area contributed by atoms with Gasteiger partial charge >= 0.3 is 0 Å². The van der Waals surface area contributed by atoms with Gasteiger partial charge in [-0.1, -0.05) is 0 Å². The highest BCUT2D eigenvalue weighted by Gasteiger charge is 1.86. The van der Waals surface area contributed by atoms with Crippen LogP contribution in [0.2, 0.25) is 0 Å². The third kappa shape index (κ3) is 2.48. The summed E-state index contributed by atoms with van der Waals surface area (Å²) in [5.41, 5.74) is 5.32. The SMILES string of the molecule is CCn1ccc(N)n1.CF. The van der Waals surface area contributed by atoms with Crippen molar-refractivity contribution in [3.05, 3.63) is 12.3 Å². The number of nitrogens with zero attached hydrogens (tertiary/aromatic N) is 2. The van der Waals surface area contributed by atoms with E-state index in [4.69, 9.17) is 5.73 Å². The first-order chi connectivity index (χ1) is 4.83. The standard InChI is InChI=1S/C5H9N3.CH3F/c1-2-8-4-3-5(6)7-8;1-2/h3-4H,2H2,1H3,(H2,6,7);1H3. The van der Waals surface area contributed by atoms with Crippen LogP contribution >= 0.6 is 0 Å². The van der Waals surface area contributed by atoms with E-state index in [9.17, 15) is 4.39 Å². The highest BCUT2D eigenvalue weighted by atomic mass is 19.1. The molecule has 0 atom stereocenters. The minimum atomic E-state index is 0.500. The molecule has 0 radical (unpaired) electrons. The molecule has 0 aliphatic rings. The Balaban J connectivity index is 0.000000371. The zero-order chi connectivity index (χ0) is 7.98. The number of aryl methyl sites for hydroxylation is 1. The van der Waals surface area contributed by atoms with Crippen molar-refractivity contribution < 1.29 is 4.39 Å². The van der Waals surface area contributed by atoms with Gasteiger partial charge in [-0.2, -0.15) is 5.10 Å². The van der Waals surface area contributed by atoms with E-state index < -0.39 is 0 Å². The van der Waals surface area contributed by atoms with Gasteiger partial charge in [-0.25, -0.2) is 0 Å². The zero-order valence-corrected chi connectivity index (χ0v) is 6.21. The Kier molecular flexibility index (Phi) is 4.28. The number of hydrogen-bond donors (Lipinski definition) is 1. The Morgan fingerprint density at radius 2 is 2.30 bits per heavy atom. The molecule has 0 amide bonds. The summed E-state index contributed by atoms with van der Waals surface area (Å²) in [6.07, 6.45) is 1.86. The summed E-state index contributed by atoms with van der Waals surface area (Å²) >= 11 is 0. The summed E-state index contributed by atoms with van der Waals surface area (Å²) in [6.45, 7) is 2.91. The van der Waals surface area contributed by atoms with Gasteiger partial charge in [0.15, 0.2) is 0 Å². The van der Waals surface area contributed by atoms with E-state index in [1.165, 1.54) is 0 Å². The van der Waals surface area contributed by atoms with E-state index in [2.05, 4.69) is 5.10 Å². The van der Waals surface area contributed by atoms with Gasteiger partial charge in [-0.3, -0.25) is 9.07 Å². The van der Waals surface area contributed by atoms with Gasteiger partial charge in [0.1, 0.15) is 5.82 Å². The summed E-state index contributed by atoms with van der Waals surface area (Å²) in [4.78, 5) is 0. The predicted octanol–water partition coefficient (Wildman–Crippen LogP) is 1.07. The topological polar surface area (TPSA) is 43.8 Å². The number of anilines is 1. The van der Waals surface area contributed by atoms with E-state index >= 15 is 0 Å². The summed E-state index contributed by atoms with van der Waals surface area (Å²) in [6, 6.07) is 1.78. The first-order valence-corrected chi connectivity index (χ1v) is 2.99. The molecule has 0 aromatic carbocycles. The Morgan fingerprint density at radius 1 is 1.70 bits per heavy atom. The second-order valence-electron chi connectivity index (χ2n) is 1.60. The van der Waals surface area contributed by atoms with Gasteiger partial charge in [-0.15, -0.1) is 0 Å². The molecule has 0 aliphatic carbocycles. The highest BCUT2D eigenvalue weighted by Crippen LogP contribution is 1.93. The van der Waals surface area contributed by atoms with Gasteiger partial charge < -0.3 is 5.73 Å². The van der Waals surface area contributed by atoms with Crippen molar-refractivity contribution >= 4 is 5.82 Å². The van der Waals surface area contributed by atoms with Crippen LogP contribution in [-0.4, -0.2) is 17.0 Å². The molecule has 10 heavy (non-hydrogen) atoms. The fourth-order valence-corrected chi connectivity index (χ4v) is 0.554. The van der Waals surface area contributed by atoms with Crippen LogP contribution in [0, 0.1) is 0 Å². The number of halogens is 1.